The maximum atomic E-state index is 5.78. The molecule has 0 fully saturated rings. The molecule has 1 aromatic carbocycles. The molecular formula is C16H22O3. The summed E-state index contributed by atoms with van der Waals surface area (Å²) in [4.78, 5) is 0. The second kappa shape index (κ2) is 7.31. The van der Waals surface area contributed by atoms with Gasteiger partial charge in [-0.2, -0.15) is 0 Å². The lowest BCUT2D eigenvalue weighted by Crippen LogP contribution is -2.26. The topological polar surface area (TPSA) is 27.7 Å². The molecule has 0 aromatic heterocycles. The normalized spacial score (nSPS) is 22.7. The highest BCUT2D eigenvalue weighted by Crippen LogP contribution is 2.23. The number of benzene rings is 1. The van der Waals surface area contributed by atoms with Crippen LogP contribution >= 0.6 is 0 Å². The van der Waals surface area contributed by atoms with Crippen molar-refractivity contribution in [3.8, 4) is 0 Å². The van der Waals surface area contributed by atoms with Crippen LogP contribution < -0.4 is 0 Å². The van der Waals surface area contributed by atoms with Gasteiger partial charge in [0.25, 0.3) is 0 Å². The summed E-state index contributed by atoms with van der Waals surface area (Å²) in [6.45, 7) is 5.99. The lowest BCUT2D eigenvalue weighted by molar-refractivity contribution is -0.133. The van der Waals surface area contributed by atoms with E-state index in [1.54, 1.807) is 0 Å². The second-order valence-electron chi connectivity index (χ2n) is 4.78. The molecule has 19 heavy (non-hydrogen) atoms. The maximum Gasteiger partial charge on any atom is 0.199 e. The Morgan fingerprint density at radius 2 is 2.05 bits per heavy atom. The molecular weight excluding hydrogens is 240 g/mol. The first kappa shape index (κ1) is 14.1. The van der Waals surface area contributed by atoms with E-state index < -0.39 is 0 Å². The van der Waals surface area contributed by atoms with E-state index >= 15 is 0 Å². The van der Waals surface area contributed by atoms with E-state index in [0.29, 0.717) is 25.7 Å². The molecule has 0 bridgehead atoms. The standard InChI is InChI=1S/C16H22O3/c1-3-18-16-10-15(9-13(2)19-16)12-17-11-14-7-5-4-6-8-14/h4-9,15-16H,3,10-12H2,1-2H3. The Hall–Kier alpha value is -1.32. The molecule has 3 heteroatoms. The van der Waals surface area contributed by atoms with Crippen LogP contribution in [0.2, 0.25) is 0 Å². The first-order chi connectivity index (χ1) is 9.28. The van der Waals surface area contributed by atoms with E-state index in [0.717, 1.165) is 12.2 Å². The van der Waals surface area contributed by atoms with Crippen molar-refractivity contribution in [1.29, 1.82) is 0 Å². The number of allylic oxidation sites excluding steroid dienone is 1. The summed E-state index contributed by atoms with van der Waals surface area (Å²) in [6.07, 6.45) is 2.86. The lowest BCUT2D eigenvalue weighted by atomic mass is 10.0. The average Bonchev–Trinajstić information content (AvgIpc) is 2.40. The quantitative estimate of drug-likeness (QED) is 0.785. The van der Waals surface area contributed by atoms with Crippen molar-refractivity contribution in [2.45, 2.75) is 33.2 Å². The van der Waals surface area contributed by atoms with Gasteiger partial charge in [0.2, 0.25) is 0 Å². The maximum absolute atomic E-state index is 5.78. The molecule has 2 unspecified atom stereocenters. The third-order valence-corrected chi connectivity index (χ3v) is 3.08. The van der Waals surface area contributed by atoms with E-state index in [1.165, 1.54) is 5.56 Å². The van der Waals surface area contributed by atoms with Crippen LogP contribution in [0.1, 0.15) is 25.8 Å². The summed E-state index contributed by atoms with van der Waals surface area (Å²) in [7, 11) is 0. The second-order valence-corrected chi connectivity index (χ2v) is 4.78. The first-order valence-electron chi connectivity index (χ1n) is 6.86. The predicted octanol–water partition coefficient (Wildman–Crippen LogP) is 3.51. The molecule has 104 valence electrons. The largest absolute Gasteiger partial charge is 0.470 e. The van der Waals surface area contributed by atoms with Gasteiger partial charge >= 0.3 is 0 Å². The van der Waals surface area contributed by atoms with Crippen molar-refractivity contribution in [1.82, 2.24) is 0 Å². The highest BCUT2D eigenvalue weighted by molar-refractivity contribution is 5.13. The van der Waals surface area contributed by atoms with Crippen LogP contribution in [0.25, 0.3) is 0 Å². The average molecular weight is 262 g/mol. The van der Waals surface area contributed by atoms with Crippen molar-refractivity contribution < 1.29 is 14.2 Å². The number of ether oxygens (including phenoxy) is 3. The van der Waals surface area contributed by atoms with E-state index in [1.807, 2.05) is 32.0 Å². The molecule has 0 radical (unpaired) electrons. The highest BCUT2D eigenvalue weighted by atomic mass is 16.7. The zero-order valence-corrected chi connectivity index (χ0v) is 11.7. The van der Waals surface area contributed by atoms with E-state index in [2.05, 4.69) is 18.2 Å². The molecule has 0 aliphatic carbocycles. The van der Waals surface area contributed by atoms with Gasteiger partial charge in [-0.15, -0.1) is 0 Å². The molecule has 1 aromatic rings. The van der Waals surface area contributed by atoms with Gasteiger partial charge in [-0.25, -0.2) is 0 Å². The van der Waals surface area contributed by atoms with Crippen LogP contribution in [0.15, 0.2) is 42.2 Å². The Morgan fingerprint density at radius 1 is 1.26 bits per heavy atom. The van der Waals surface area contributed by atoms with Gasteiger partial charge in [-0.05, 0) is 25.5 Å². The summed E-state index contributed by atoms with van der Waals surface area (Å²) < 4.78 is 16.9. The molecule has 1 aliphatic rings. The summed E-state index contributed by atoms with van der Waals surface area (Å²) >= 11 is 0. The Balaban J connectivity index is 1.77. The van der Waals surface area contributed by atoms with Crippen LogP contribution in [-0.4, -0.2) is 19.5 Å². The van der Waals surface area contributed by atoms with Crippen LogP contribution in [0, 0.1) is 5.92 Å². The molecule has 3 nitrogen and oxygen atoms in total. The molecule has 1 heterocycles. The molecule has 1 aliphatic heterocycles. The smallest absolute Gasteiger partial charge is 0.199 e. The minimum absolute atomic E-state index is 0.125. The summed E-state index contributed by atoms with van der Waals surface area (Å²) in [5.74, 6) is 1.30. The molecule has 0 saturated heterocycles. The third-order valence-electron chi connectivity index (χ3n) is 3.08. The third kappa shape index (κ3) is 4.69. The minimum Gasteiger partial charge on any atom is -0.470 e. The molecule has 0 saturated carbocycles. The Bertz CT molecular complexity index is 400. The minimum atomic E-state index is -0.125. The van der Waals surface area contributed by atoms with Gasteiger partial charge in [0, 0.05) is 18.9 Å². The number of hydrogen-bond acceptors (Lipinski definition) is 3. The Labute approximate surface area is 115 Å². The predicted molar refractivity (Wildman–Crippen MR) is 74.5 cm³/mol. The fraction of sp³-hybridized carbons (Fsp3) is 0.500. The molecule has 0 N–H and O–H groups in total. The SMILES string of the molecule is CCOC1CC(COCc2ccccc2)C=C(C)O1. The summed E-state index contributed by atoms with van der Waals surface area (Å²) in [5, 5.41) is 0. The van der Waals surface area contributed by atoms with Crippen LogP contribution in [0.3, 0.4) is 0 Å². The molecule has 0 amide bonds. The van der Waals surface area contributed by atoms with E-state index in [4.69, 9.17) is 14.2 Å². The lowest BCUT2D eigenvalue weighted by Gasteiger charge is -2.28. The molecule has 0 spiro atoms. The van der Waals surface area contributed by atoms with Crippen molar-refractivity contribution >= 4 is 0 Å². The fourth-order valence-corrected chi connectivity index (χ4v) is 2.25. The van der Waals surface area contributed by atoms with Gasteiger partial charge < -0.3 is 14.2 Å². The monoisotopic (exact) mass is 262 g/mol. The zero-order chi connectivity index (χ0) is 13.5. The zero-order valence-electron chi connectivity index (χ0n) is 11.7. The summed E-state index contributed by atoms with van der Waals surface area (Å²) in [5.41, 5.74) is 1.21. The van der Waals surface area contributed by atoms with Gasteiger partial charge in [-0.3, -0.25) is 0 Å². The first-order valence-corrected chi connectivity index (χ1v) is 6.86. The number of rotatable bonds is 6. The van der Waals surface area contributed by atoms with E-state index in [-0.39, 0.29) is 6.29 Å². The van der Waals surface area contributed by atoms with Crippen molar-refractivity contribution in [2.75, 3.05) is 13.2 Å². The van der Waals surface area contributed by atoms with Crippen LogP contribution in [0.4, 0.5) is 0 Å². The van der Waals surface area contributed by atoms with Gasteiger partial charge in [-0.1, -0.05) is 30.3 Å². The Kier molecular flexibility index (Phi) is 5.43. The van der Waals surface area contributed by atoms with Crippen molar-refractivity contribution in [3.05, 3.63) is 47.7 Å². The van der Waals surface area contributed by atoms with Gasteiger partial charge in [0.05, 0.1) is 19.0 Å². The van der Waals surface area contributed by atoms with Crippen LogP contribution in [0.5, 0.6) is 0 Å². The Morgan fingerprint density at radius 3 is 2.79 bits per heavy atom. The van der Waals surface area contributed by atoms with Crippen molar-refractivity contribution in [3.63, 3.8) is 0 Å². The highest BCUT2D eigenvalue weighted by Gasteiger charge is 2.22. The van der Waals surface area contributed by atoms with Crippen molar-refractivity contribution in [2.24, 2.45) is 5.92 Å². The fourth-order valence-electron chi connectivity index (χ4n) is 2.25. The molecule has 2 rings (SSSR count). The number of hydrogen-bond donors (Lipinski definition) is 0. The van der Waals surface area contributed by atoms with Crippen LogP contribution in [-0.2, 0) is 20.8 Å². The van der Waals surface area contributed by atoms with E-state index in [9.17, 15) is 0 Å². The summed E-state index contributed by atoms with van der Waals surface area (Å²) in [6, 6.07) is 10.2. The van der Waals surface area contributed by atoms with Gasteiger partial charge in [0.1, 0.15) is 0 Å². The molecule has 2 atom stereocenters. The van der Waals surface area contributed by atoms with Gasteiger partial charge in [0.15, 0.2) is 6.29 Å².